The fourth-order valence-electron chi connectivity index (χ4n) is 3.57. The van der Waals surface area contributed by atoms with E-state index >= 15 is 0 Å². The van der Waals surface area contributed by atoms with Gasteiger partial charge in [0.15, 0.2) is 0 Å². The summed E-state index contributed by atoms with van der Waals surface area (Å²) in [5.41, 5.74) is 6.49. The lowest BCUT2D eigenvalue weighted by Crippen LogP contribution is -2.45. The summed E-state index contributed by atoms with van der Waals surface area (Å²) in [7, 11) is 0. The second kappa shape index (κ2) is 5.68. The molecular formula is C16H25N3O. The van der Waals surface area contributed by atoms with Crippen molar-refractivity contribution in [2.75, 3.05) is 6.54 Å². The molecule has 1 aromatic heterocycles. The van der Waals surface area contributed by atoms with Crippen LogP contribution < -0.4 is 5.73 Å². The van der Waals surface area contributed by atoms with Gasteiger partial charge < -0.3 is 5.73 Å². The van der Waals surface area contributed by atoms with Crippen LogP contribution >= 0.6 is 0 Å². The molecular weight excluding hydrogens is 250 g/mol. The van der Waals surface area contributed by atoms with Gasteiger partial charge in [0.1, 0.15) is 5.78 Å². The number of carbonyl (C=O) groups is 1. The lowest BCUT2D eigenvalue weighted by atomic mass is 9.65. The minimum Gasteiger partial charge on any atom is -0.329 e. The molecule has 0 aromatic carbocycles. The van der Waals surface area contributed by atoms with E-state index in [1.54, 1.807) is 0 Å². The Labute approximate surface area is 120 Å². The number of ketones is 1. The van der Waals surface area contributed by atoms with E-state index in [-0.39, 0.29) is 5.41 Å². The summed E-state index contributed by atoms with van der Waals surface area (Å²) in [4.78, 5) is 12.4. The Bertz CT molecular complexity index is 464. The first-order valence-electron chi connectivity index (χ1n) is 8.01. The Morgan fingerprint density at radius 3 is 2.65 bits per heavy atom. The van der Waals surface area contributed by atoms with E-state index in [1.165, 1.54) is 32.1 Å². The maximum Gasteiger partial charge on any atom is 0.146 e. The molecule has 2 fully saturated rings. The van der Waals surface area contributed by atoms with Crippen molar-refractivity contribution >= 4 is 5.78 Å². The molecule has 4 heteroatoms. The van der Waals surface area contributed by atoms with E-state index in [1.807, 2.05) is 6.07 Å². The largest absolute Gasteiger partial charge is 0.329 e. The van der Waals surface area contributed by atoms with Gasteiger partial charge in [-0.15, -0.1) is 0 Å². The zero-order chi connectivity index (χ0) is 14.0. The lowest BCUT2D eigenvalue weighted by molar-refractivity contribution is -0.132. The molecule has 0 amide bonds. The molecule has 1 aromatic rings. The van der Waals surface area contributed by atoms with Crippen LogP contribution in [-0.4, -0.2) is 22.1 Å². The Morgan fingerprint density at radius 1 is 1.30 bits per heavy atom. The Kier molecular flexibility index (Phi) is 3.92. The van der Waals surface area contributed by atoms with Gasteiger partial charge in [-0.3, -0.25) is 9.48 Å². The first-order valence-corrected chi connectivity index (χ1v) is 8.01. The molecule has 0 radical (unpaired) electrons. The molecule has 0 aliphatic heterocycles. The summed E-state index contributed by atoms with van der Waals surface area (Å²) in [6.07, 6.45) is 12.0. The van der Waals surface area contributed by atoms with E-state index in [0.29, 0.717) is 24.8 Å². The molecule has 0 bridgehead atoms. The average molecular weight is 275 g/mol. The maximum atomic E-state index is 12.4. The highest BCUT2D eigenvalue weighted by Crippen LogP contribution is 2.41. The van der Waals surface area contributed by atoms with Crippen LogP contribution in [0.1, 0.15) is 63.1 Å². The van der Waals surface area contributed by atoms with Crippen LogP contribution in [0.5, 0.6) is 0 Å². The zero-order valence-electron chi connectivity index (χ0n) is 12.2. The molecule has 2 N–H and O–H groups in total. The summed E-state index contributed by atoms with van der Waals surface area (Å²) < 4.78 is 2.08. The molecule has 2 aliphatic rings. The SMILES string of the molecule is NCC1(C(=O)Cc2ccn(C3CCCCC3)n2)CCC1. The summed E-state index contributed by atoms with van der Waals surface area (Å²) in [5, 5.41) is 4.64. The molecule has 1 heterocycles. The van der Waals surface area contributed by atoms with Crippen LogP contribution in [0.2, 0.25) is 0 Å². The van der Waals surface area contributed by atoms with Gasteiger partial charge in [0.25, 0.3) is 0 Å². The molecule has 0 spiro atoms. The molecule has 20 heavy (non-hydrogen) atoms. The van der Waals surface area contributed by atoms with Crippen LogP contribution in [0.15, 0.2) is 12.3 Å². The van der Waals surface area contributed by atoms with Gasteiger partial charge in [0, 0.05) is 18.2 Å². The van der Waals surface area contributed by atoms with Crippen molar-refractivity contribution in [3.05, 3.63) is 18.0 Å². The van der Waals surface area contributed by atoms with Gasteiger partial charge in [-0.1, -0.05) is 25.7 Å². The van der Waals surface area contributed by atoms with Gasteiger partial charge in [0.05, 0.1) is 18.2 Å². The van der Waals surface area contributed by atoms with Crippen LogP contribution in [0.3, 0.4) is 0 Å². The second-order valence-electron chi connectivity index (χ2n) is 6.52. The first-order chi connectivity index (χ1) is 9.73. The van der Waals surface area contributed by atoms with Crippen molar-refractivity contribution in [1.29, 1.82) is 0 Å². The van der Waals surface area contributed by atoms with Gasteiger partial charge in [-0.05, 0) is 31.7 Å². The number of nitrogens with two attached hydrogens (primary N) is 1. The highest BCUT2D eigenvalue weighted by atomic mass is 16.1. The lowest BCUT2D eigenvalue weighted by Gasteiger charge is -2.39. The monoisotopic (exact) mass is 275 g/mol. The molecule has 0 unspecified atom stereocenters. The Balaban J connectivity index is 1.63. The standard InChI is InChI=1S/C16H25N3O/c17-12-16(8-4-9-16)15(20)11-13-7-10-19(18-13)14-5-2-1-3-6-14/h7,10,14H,1-6,8-9,11-12,17H2. The van der Waals surface area contributed by atoms with Crippen molar-refractivity contribution in [1.82, 2.24) is 9.78 Å². The number of hydrogen-bond acceptors (Lipinski definition) is 3. The highest BCUT2D eigenvalue weighted by molar-refractivity contribution is 5.87. The van der Waals surface area contributed by atoms with Crippen molar-refractivity contribution in [3.8, 4) is 0 Å². The van der Waals surface area contributed by atoms with Gasteiger partial charge in [-0.25, -0.2) is 0 Å². The van der Waals surface area contributed by atoms with Crippen LogP contribution in [0.4, 0.5) is 0 Å². The topological polar surface area (TPSA) is 60.9 Å². The summed E-state index contributed by atoms with van der Waals surface area (Å²) in [6, 6.07) is 2.55. The third-order valence-electron chi connectivity index (χ3n) is 5.25. The fourth-order valence-corrected chi connectivity index (χ4v) is 3.57. The van der Waals surface area contributed by atoms with E-state index in [2.05, 4.69) is 16.0 Å². The second-order valence-corrected chi connectivity index (χ2v) is 6.52. The fraction of sp³-hybridized carbons (Fsp3) is 0.750. The van der Waals surface area contributed by atoms with Crippen molar-refractivity contribution in [3.63, 3.8) is 0 Å². The molecule has 0 saturated heterocycles. The Morgan fingerprint density at radius 2 is 2.05 bits per heavy atom. The number of hydrogen-bond donors (Lipinski definition) is 1. The van der Waals surface area contributed by atoms with Gasteiger partial charge >= 0.3 is 0 Å². The first kappa shape index (κ1) is 13.8. The number of nitrogens with zero attached hydrogens (tertiary/aromatic N) is 2. The predicted octanol–water partition coefficient (Wildman–Crippen LogP) is 2.63. The quantitative estimate of drug-likeness (QED) is 0.898. The predicted molar refractivity (Wildman–Crippen MR) is 78.4 cm³/mol. The summed E-state index contributed by atoms with van der Waals surface area (Å²) >= 11 is 0. The van der Waals surface area contributed by atoms with Crippen molar-refractivity contribution in [2.24, 2.45) is 11.1 Å². The smallest absolute Gasteiger partial charge is 0.146 e. The average Bonchev–Trinajstić information content (AvgIpc) is 2.88. The maximum absolute atomic E-state index is 12.4. The molecule has 3 rings (SSSR count). The molecule has 2 saturated carbocycles. The van der Waals surface area contributed by atoms with E-state index in [4.69, 9.17) is 5.73 Å². The van der Waals surface area contributed by atoms with Crippen molar-refractivity contribution < 1.29 is 4.79 Å². The summed E-state index contributed by atoms with van der Waals surface area (Å²) in [6.45, 7) is 0.495. The molecule has 0 atom stereocenters. The van der Waals surface area contributed by atoms with Crippen molar-refractivity contribution in [2.45, 2.75) is 63.8 Å². The molecule has 110 valence electrons. The minimum atomic E-state index is -0.228. The third kappa shape index (κ3) is 2.53. The van der Waals surface area contributed by atoms with E-state index in [9.17, 15) is 4.79 Å². The molecule has 4 nitrogen and oxygen atoms in total. The van der Waals surface area contributed by atoms with E-state index < -0.39 is 0 Å². The number of rotatable bonds is 5. The minimum absolute atomic E-state index is 0.228. The third-order valence-corrected chi connectivity index (χ3v) is 5.25. The highest BCUT2D eigenvalue weighted by Gasteiger charge is 2.42. The van der Waals surface area contributed by atoms with Crippen LogP contribution in [0, 0.1) is 5.41 Å². The zero-order valence-corrected chi connectivity index (χ0v) is 12.2. The Hall–Kier alpha value is -1.16. The number of aromatic nitrogens is 2. The van der Waals surface area contributed by atoms with Gasteiger partial charge in [0.2, 0.25) is 0 Å². The number of Topliss-reactive ketones (excluding diaryl/α,β-unsaturated/α-hetero) is 1. The number of carbonyl (C=O) groups excluding carboxylic acids is 1. The normalized spacial score (nSPS) is 22.4. The molecule has 2 aliphatic carbocycles. The summed E-state index contributed by atoms with van der Waals surface area (Å²) in [5.74, 6) is 0.292. The van der Waals surface area contributed by atoms with Crippen LogP contribution in [0.25, 0.3) is 0 Å². The van der Waals surface area contributed by atoms with E-state index in [0.717, 1.165) is 25.0 Å². The van der Waals surface area contributed by atoms with Crippen LogP contribution in [-0.2, 0) is 11.2 Å². The van der Waals surface area contributed by atoms with Gasteiger partial charge in [-0.2, -0.15) is 5.10 Å².